The fraction of sp³-hybridized carbons (Fsp3) is 0.0556. The zero-order chi connectivity index (χ0) is 17.6. The summed E-state index contributed by atoms with van der Waals surface area (Å²) in [4.78, 5) is 20.9. The molecule has 0 saturated heterocycles. The number of para-hydroxylation sites is 1. The van der Waals surface area contributed by atoms with Gasteiger partial charge in [0.05, 0.1) is 4.47 Å². The normalized spacial score (nSPS) is 10.5. The van der Waals surface area contributed by atoms with Gasteiger partial charge in [0.1, 0.15) is 11.5 Å². The fourth-order valence-electron chi connectivity index (χ4n) is 2.02. The van der Waals surface area contributed by atoms with E-state index in [4.69, 9.17) is 0 Å². The summed E-state index contributed by atoms with van der Waals surface area (Å²) >= 11 is 4.69. The van der Waals surface area contributed by atoms with Crippen molar-refractivity contribution in [2.24, 2.45) is 0 Å². The summed E-state index contributed by atoms with van der Waals surface area (Å²) in [5.41, 5.74) is 1.91. The first-order valence-corrected chi connectivity index (χ1v) is 9.16. The predicted molar refractivity (Wildman–Crippen MR) is 100 cm³/mol. The number of amides is 1. The molecule has 1 N–H and O–H groups in total. The Bertz CT molecular complexity index is 875. The third-order valence-corrected chi connectivity index (χ3v) is 4.76. The Morgan fingerprint density at radius 1 is 1.12 bits per heavy atom. The van der Waals surface area contributed by atoms with Gasteiger partial charge in [0.2, 0.25) is 0 Å². The monoisotopic (exact) mass is 417 g/mol. The number of hydrogen-bond acceptors (Lipinski definition) is 4. The summed E-state index contributed by atoms with van der Waals surface area (Å²) in [5.74, 6) is -0.000562. The zero-order valence-corrected chi connectivity index (χ0v) is 15.3. The molecule has 0 saturated carbocycles. The van der Waals surface area contributed by atoms with Crippen molar-refractivity contribution in [3.05, 3.63) is 82.3 Å². The predicted octanol–water partition coefficient (Wildman–Crippen LogP) is 4.92. The third kappa shape index (κ3) is 4.87. The van der Waals surface area contributed by atoms with Gasteiger partial charge in [-0.25, -0.2) is 14.4 Å². The van der Waals surface area contributed by atoms with Gasteiger partial charge in [0.15, 0.2) is 5.16 Å². The van der Waals surface area contributed by atoms with Crippen LogP contribution >= 0.6 is 27.7 Å². The molecule has 0 aliphatic rings. The Labute approximate surface area is 157 Å². The van der Waals surface area contributed by atoms with Gasteiger partial charge in [-0.05, 0) is 45.8 Å². The van der Waals surface area contributed by atoms with Crippen LogP contribution in [-0.4, -0.2) is 15.9 Å². The highest BCUT2D eigenvalue weighted by atomic mass is 79.9. The molecule has 0 spiro atoms. The van der Waals surface area contributed by atoms with E-state index in [1.54, 1.807) is 30.5 Å². The SMILES string of the molecule is O=C(Nc1ccccc1)c1nc(SCc2ccc(F)cc2)ncc1Br. The Balaban J connectivity index is 1.71. The quantitative estimate of drug-likeness (QED) is 0.472. The van der Waals surface area contributed by atoms with Crippen molar-refractivity contribution in [2.75, 3.05) is 5.32 Å². The molecular weight excluding hydrogens is 405 g/mol. The summed E-state index contributed by atoms with van der Waals surface area (Å²) in [6.45, 7) is 0. The molecule has 0 unspecified atom stereocenters. The number of carbonyl (C=O) groups excluding carboxylic acids is 1. The second-order valence-corrected chi connectivity index (χ2v) is 6.88. The number of rotatable bonds is 5. The van der Waals surface area contributed by atoms with Crippen molar-refractivity contribution in [3.8, 4) is 0 Å². The van der Waals surface area contributed by atoms with E-state index in [-0.39, 0.29) is 17.4 Å². The Morgan fingerprint density at radius 3 is 2.56 bits per heavy atom. The molecule has 0 aliphatic carbocycles. The average molecular weight is 418 g/mol. The highest BCUT2D eigenvalue weighted by Gasteiger charge is 2.14. The van der Waals surface area contributed by atoms with Gasteiger partial charge < -0.3 is 5.32 Å². The van der Waals surface area contributed by atoms with E-state index >= 15 is 0 Å². The molecule has 3 aromatic rings. The van der Waals surface area contributed by atoms with Crippen LogP contribution in [0.25, 0.3) is 0 Å². The minimum absolute atomic E-state index is 0.264. The molecule has 0 bridgehead atoms. The number of nitrogens with one attached hydrogen (secondary N) is 1. The Hall–Kier alpha value is -2.25. The maximum atomic E-state index is 12.9. The van der Waals surface area contributed by atoms with E-state index in [9.17, 15) is 9.18 Å². The molecule has 126 valence electrons. The first-order chi connectivity index (χ1) is 12.1. The number of carbonyl (C=O) groups is 1. The van der Waals surface area contributed by atoms with Gasteiger partial charge in [-0.15, -0.1) is 0 Å². The van der Waals surface area contributed by atoms with Crippen LogP contribution in [-0.2, 0) is 5.75 Å². The van der Waals surface area contributed by atoms with Gasteiger partial charge in [-0.2, -0.15) is 0 Å². The summed E-state index contributed by atoms with van der Waals surface area (Å²) in [5, 5.41) is 3.27. The minimum atomic E-state index is -0.316. The van der Waals surface area contributed by atoms with Crippen LogP contribution < -0.4 is 5.32 Å². The molecule has 4 nitrogen and oxygen atoms in total. The molecule has 0 fully saturated rings. The lowest BCUT2D eigenvalue weighted by atomic mass is 10.2. The van der Waals surface area contributed by atoms with Crippen LogP contribution in [0.15, 0.2) is 70.4 Å². The maximum absolute atomic E-state index is 12.9. The van der Waals surface area contributed by atoms with Gasteiger partial charge >= 0.3 is 0 Å². The lowest BCUT2D eigenvalue weighted by Gasteiger charge is -2.07. The van der Waals surface area contributed by atoms with Crippen LogP contribution in [0.1, 0.15) is 16.1 Å². The highest BCUT2D eigenvalue weighted by molar-refractivity contribution is 9.10. The number of halogens is 2. The van der Waals surface area contributed by atoms with E-state index in [1.807, 2.05) is 18.2 Å². The van der Waals surface area contributed by atoms with Crippen molar-refractivity contribution in [2.45, 2.75) is 10.9 Å². The maximum Gasteiger partial charge on any atom is 0.275 e. The van der Waals surface area contributed by atoms with Gasteiger partial charge in [-0.1, -0.05) is 42.1 Å². The van der Waals surface area contributed by atoms with Gasteiger partial charge in [0, 0.05) is 17.6 Å². The third-order valence-electron chi connectivity index (χ3n) is 3.25. The van der Waals surface area contributed by atoms with Crippen molar-refractivity contribution in [1.29, 1.82) is 0 Å². The molecule has 1 heterocycles. The van der Waals surface area contributed by atoms with Crippen LogP contribution in [0.5, 0.6) is 0 Å². The molecule has 2 aromatic carbocycles. The van der Waals surface area contributed by atoms with Crippen molar-refractivity contribution < 1.29 is 9.18 Å². The number of thioether (sulfide) groups is 1. The van der Waals surface area contributed by atoms with Crippen LogP contribution in [0.2, 0.25) is 0 Å². The minimum Gasteiger partial charge on any atom is -0.321 e. The molecular formula is C18H13BrFN3OS. The summed E-state index contributed by atoms with van der Waals surface area (Å²) in [7, 11) is 0. The number of aromatic nitrogens is 2. The van der Waals surface area contributed by atoms with E-state index in [2.05, 4.69) is 31.2 Å². The van der Waals surface area contributed by atoms with Crippen LogP contribution in [0.4, 0.5) is 10.1 Å². The summed E-state index contributed by atoms with van der Waals surface area (Å²) in [6, 6.07) is 15.4. The summed E-state index contributed by atoms with van der Waals surface area (Å²) < 4.78 is 13.5. The second-order valence-electron chi connectivity index (χ2n) is 5.08. The standard InChI is InChI=1S/C18H13BrFN3OS/c19-15-10-21-18(25-11-12-6-8-13(20)9-7-12)23-16(15)17(24)22-14-4-2-1-3-5-14/h1-10H,11H2,(H,22,24). The fourth-order valence-corrected chi connectivity index (χ4v) is 3.16. The molecule has 0 aliphatic heterocycles. The smallest absolute Gasteiger partial charge is 0.275 e. The number of benzene rings is 2. The molecule has 1 amide bonds. The van der Waals surface area contributed by atoms with Gasteiger partial charge in [0.25, 0.3) is 5.91 Å². The summed E-state index contributed by atoms with van der Waals surface area (Å²) in [6.07, 6.45) is 1.56. The molecule has 0 radical (unpaired) electrons. The van der Waals surface area contributed by atoms with E-state index in [0.29, 0.717) is 21.1 Å². The van der Waals surface area contributed by atoms with E-state index in [1.165, 1.54) is 23.9 Å². The second kappa shape index (κ2) is 8.22. The number of nitrogens with zero attached hydrogens (tertiary/aromatic N) is 2. The molecule has 25 heavy (non-hydrogen) atoms. The lowest BCUT2D eigenvalue weighted by Crippen LogP contribution is -2.15. The highest BCUT2D eigenvalue weighted by Crippen LogP contribution is 2.23. The van der Waals surface area contributed by atoms with Crippen LogP contribution in [0.3, 0.4) is 0 Å². The molecule has 3 rings (SSSR count). The van der Waals surface area contributed by atoms with E-state index < -0.39 is 0 Å². The topological polar surface area (TPSA) is 54.9 Å². The first-order valence-electron chi connectivity index (χ1n) is 7.38. The van der Waals surface area contributed by atoms with Crippen molar-refractivity contribution in [1.82, 2.24) is 9.97 Å². The average Bonchev–Trinajstić information content (AvgIpc) is 2.63. The van der Waals surface area contributed by atoms with E-state index in [0.717, 1.165) is 5.56 Å². The Kier molecular flexibility index (Phi) is 5.78. The van der Waals surface area contributed by atoms with Crippen molar-refractivity contribution in [3.63, 3.8) is 0 Å². The largest absolute Gasteiger partial charge is 0.321 e. The lowest BCUT2D eigenvalue weighted by molar-refractivity contribution is 0.102. The first kappa shape index (κ1) is 17.6. The number of anilines is 1. The molecule has 0 atom stereocenters. The number of hydrogen-bond donors (Lipinski definition) is 1. The molecule has 1 aromatic heterocycles. The Morgan fingerprint density at radius 2 is 1.84 bits per heavy atom. The van der Waals surface area contributed by atoms with Gasteiger partial charge in [-0.3, -0.25) is 4.79 Å². The molecule has 7 heteroatoms. The van der Waals surface area contributed by atoms with Crippen molar-refractivity contribution >= 4 is 39.3 Å². The zero-order valence-electron chi connectivity index (χ0n) is 12.9. The van der Waals surface area contributed by atoms with Crippen LogP contribution in [0, 0.1) is 5.82 Å².